The number of nitrogens with one attached hydrogen (secondary N) is 1. The van der Waals surface area contributed by atoms with Gasteiger partial charge in [-0.3, -0.25) is 4.99 Å². The van der Waals surface area contributed by atoms with Crippen LogP contribution in [0.4, 0.5) is 0 Å². The molecule has 0 atom stereocenters. The molecule has 2 aromatic rings. The lowest BCUT2D eigenvalue weighted by atomic mass is 10.1. The average molecular weight is 485 g/mol. The van der Waals surface area contributed by atoms with Gasteiger partial charge in [-0.1, -0.05) is 18.2 Å². The van der Waals surface area contributed by atoms with Gasteiger partial charge in [0.05, 0.1) is 6.10 Å². The van der Waals surface area contributed by atoms with E-state index in [9.17, 15) is 0 Å². The second-order valence-corrected chi connectivity index (χ2v) is 8.03. The van der Waals surface area contributed by atoms with Crippen LogP contribution in [0, 0.1) is 5.92 Å². The first-order chi connectivity index (χ1) is 12.3. The molecule has 1 aromatic carbocycles. The third-order valence-corrected chi connectivity index (χ3v) is 6.23. The van der Waals surface area contributed by atoms with E-state index in [1.165, 1.54) is 28.5 Å². The van der Waals surface area contributed by atoms with Crippen molar-refractivity contribution in [1.82, 2.24) is 10.2 Å². The van der Waals surface area contributed by atoms with Crippen molar-refractivity contribution in [3.8, 4) is 0 Å². The van der Waals surface area contributed by atoms with E-state index in [0.29, 0.717) is 6.10 Å². The number of hydrogen-bond acceptors (Lipinski definition) is 3. The molecule has 0 unspecified atom stereocenters. The zero-order valence-corrected chi connectivity index (χ0v) is 18.5. The van der Waals surface area contributed by atoms with Gasteiger partial charge in [-0.25, -0.2) is 0 Å². The first-order valence-electron chi connectivity index (χ1n) is 9.36. The molecule has 6 heteroatoms. The Labute approximate surface area is 177 Å². The van der Waals surface area contributed by atoms with E-state index in [2.05, 4.69) is 44.9 Å². The zero-order valence-electron chi connectivity index (χ0n) is 15.3. The Hall–Kier alpha value is -0.860. The van der Waals surface area contributed by atoms with Gasteiger partial charge < -0.3 is 15.0 Å². The Morgan fingerprint density at radius 2 is 2.00 bits per heavy atom. The molecular formula is C20H28IN3OS. The molecule has 0 bridgehead atoms. The van der Waals surface area contributed by atoms with Crippen molar-refractivity contribution in [2.75, 3.05) is 26.7 Å². The smallest absolute Gasteiger partial charge is 0.193 e. The number of likely N-dealkylation sites (tertiary alicyclic amines) is 1. The molecule has 1 N–H and O–H groups in total. The van der Waals surface area contributed by atoms with Crippen LogP contribution in [0.3, 0.4) is 0 Å². The second-order valence-electron chi connectivity index (χ2n) is 7.12. The lowest BCUT2D eigenvalue weighted by Crippen LogP contribution is -2.46. The van der Waals surface area contributed by atoms with Gasteiger partial charge in [-0.2, -0.15) is 0 Å². The number of aliphatic imine (C=N–C) groups is 1. The highest BCUT2D eigenvalue weighted by Gasteiger charge is 2.26. The summed E-state index contributed by atoms with van der Waals surface area (Å²) >= 11 is 1.81. The Morgan fingerprint density at radius 3 is 2.73 bits per heavy atom. The number of rotatable bonds is 5. The van der Waals surface area contributed by atoms with Crippen molar-refractivity contribution in [3.05, 3.63) is 35.2 Å². The molecule has 1 aliphatic heterocycles. The molecule has 1 saturated carbocycles. The second kappa shape index (κ2) is 9.37. The molecule has 2 fully saturated rings. The van der Waals surface area contributed by atoms with Gasteiger partial charge in [0.15, 0.2) is 5.96 Å². The number of halogens is 1. The lowest BCUT2D eigenvalue weighted by molar-refractivity contribution is 0.0131. The predicted molar refractivity (Wildman–Crippen MR) is 121 cm³/mol. The summed E-state index contributed by atoms with van der Waals surface area (Å²) in [5, 5.41) is 7.15. The first kappa shape index (κ1) is 19.9. The molecule has 2 heterocycles. The minimum atomic E-state index is 0. The molecule has 1 aliphatic carbocycles. The molecule has 1 aromatic heterocycles. The fourth-order valence-corrected chi connectivity index (χ4v) is 4.43. The summed E-state index contributed by atoms with van der Waals surface area (Å²) in [6.07, 6.45) is 5.39. The Bertz CT molecular complexity index is 735. The number of ether oxygens (including phenoxy) is 1. The first-order valence-corrected chi connectivity index (χ1v) is 10.2. The summed E-state index contributed by atoms with van der Waals surface area (Å²) in [6.45, 7) is 3.86. The number of nitrogens with zero attached hydrogens (tertiary/aromatic N) is 2. The number of fused-ring (bicyclic) bond motifs is 1. The minimum Gasteiger partial charge on any atom is -0.378 e. The predicted octanol–water partition coefficient (Wildman–Crippen LogP) is 4.49. The normalized spacial score (nSPS) is 18.8. The molecule has 1 saturated heterocycles. The summed E-state index contributed by atoms with van der Waals surface area (Å²) < 4.78 is 7.40. The molecule has 2 aliphatic rings. The lowest BCUT2D eigenvalue weighted by Gasteiger charge is -2.34. The van der Waals surface area contributed by atoms with Crippen molar-refractivity contribution in [2.45, 2.75) is 38.3 Å². The van der Waals surface area contributed by atoms with E-state index >= 15 is 0 Å². The standard InChI is InChI=1S/C20H27N3OS.HI/c1-21-20(22-12-16-14-25-19-5-3-2-4-18(16)19)23-10-8-17(9-11-23)24-13-15-6-7-15;/h2-5,14-15,17H,6-13H2,1H3,(H,21,22);1H. The maximum atomic E-state index is 6.05. The van der Waals surface area contributed by atoms with E-state index in [4.69, 9.17) is 4.74 Å². The molecule has 142 valence electrons. The van der Waals surface area contributed by atoms with Crippen molar-refractivity contribution in [2.24, 2.45) is 10.9 Å². The van der Waals surface area contributed by atoms with Crippen molar-refractivity contribution < 1.29 is 4.74 Å². The van der Waals surface area contributed by atoms with E-state index < -0.39 is 0 Å². The summed E-state index contributed by atoms with van der Waals surface area (Å²) in [7, 11) is 1.88. The summed E-state index contributed by atoms with van der Waals surface area (Å²) in [5.74, 6) is 1.86. The number of guanidine groups is 1. The highest BCUT2D eigenvalue weighted by Crippen LogP contribution is 2.30. The van der Waals surface area contributed by atoms with Gasteiger partial charge in [-0.05, 0) is 54.0 Å². The average Bonchev–Trinajstić information content (AvgIpc) is 3.41. The molecular weight excluding hydrogens is 457 g/mol. The van der Waals surface area contributed by atoms with Crippen LogP contribution in [0.1, 0.15) is 31.2 Å². The summed E-state index contributed by atoms with van der Waals surface area (Å²) in [6, 6.07) is 8.60. The molecule has 26 heavy (non-hydrogen) atoms. The monoisotopic (exact) mass is 485 g/mol. The van der Waals surface area contributed by atoms with Gasteiger partial charge in [0.2, 0.25) is 0 Å². The van der Waals surface area contributed by atoms with Gasteiger partial charge >= 0.3 is 0 Å². The van der Waals surface area contributed by atoms with E-state index in [1.807, 2.05) is 18.4 Å². The molecule has 0 spiro atoms. The third kappa shape index (κ3) is 4.89. The Kier molecular flexibility index (Phi) is 7.17. The molecule has 4 rings (SSSR count). The van der Waals surface area contributed by atoms with Gasteiger partial charge in [0.1, 0.15) is 0 Å². The summed E-state index contributed by atoms with van der Waals surface area (Å²) in [5.41, 5.74) is 1.35. The third-order valence-electron chi connectivity index (χ3n) is 5.22. The van der Waals surface area contributed by atoms with E-state index in [1.54, 1.807) is 0 Å². The fourth-order valence-electron chi connectivity index (χ4n) is 3.47. The number of benzene rings is 1. The largest absolute Gasteiger partial charge is 0.378 e. The van der Waals surface area contributed by atoms with Crippen LogP contribution in [-0.4, -0.2) is 43.7 Å². The maximum Gasteiger partial charge on any atom is 0.193 e. The molecule has 0 radical (unpaired) electrons. The number of hydrogen-bond donors (Lipinski definition) is 1. The highest BCUT2D eigenvalue weighted by molar-refractivity contribution is 14.0. The SMILES string of the molecule is CN=C(NCc1csc2ccccc12)N1CCC(OCC2CC2)CC1.I. The van der Waals surface area contributed by atoms with Crippen LogP contribution >= 0.6 is 35.3 Å². The zero-order chi connectivity index (χ0) is 17.1. The van der Waals surface area contributed by atoms with Crippen LogP contribution in [0.25, 0.3) is 10.1 Å². The Morgan fingerprint density at radius 1 is 1.23 bits per heavy atom. The van der Waals surface area contributed by atoms with Crippen LogP contribution in [0.2, 0.25) is 0 Å². The van der Waals surface area contributed by atoms with Gasteiger partial charge in [0.25, 0.3) is 0 Å². The topological polar surface area (TPSA) is 36.9 Å². The van der Waals surface area contributed by atoms with Gasteiger partial charge in [-0.15, -0.1) is 35.3 Å². The van der Waals surface area contributed by atoms with Gasteiger partial charge in [0, 0.05) is 38.0 Å². The van der Waals surface area contributed by atoms with Crippen molar-refractivity contribution in [1.29, 1.82) is 0 Å². The summed E-state index contributed by atoms with van der Waals surface area (Å²) in [4.78, 5) is 6.86. The van der Waals surface area contributed by atoms with Crippen LogP contribution in [0.5, 0.6) is 0 Å². The van der Waals surface area contributed by atoms with Crippen LogP contribution in [-0.2, 0) is 11.3 Å². The van der Waals surface area contributed by atoms with Crippen molar-refractivity contribution >= 4 is 51.4 Å². The number of piperidine rings is 1. The van der Waals surface area contributed by atoms with Crippen LogP contribution < -0.4 is 5.32 Å². The maximum absolute atomic E-state index is 6.05. The van der Waals surface area contributed by atoms with Crippen molar-refractivity contribution in [3.63, 3.8) is 0 Å². The highest BCUT2D eigenvalue weighted by atomic mass is 127. The number of thiophene rings is 1. The van der Waals surface area contributed by atoms with E-state index in [-0.39, 0.29) is 24.0 Å². The van der Waals surface area contributed by atoms with Crippen LogP contribution in [0.15, 0.2) is 34.6 Å². The van der Waals surface area contributed by atoms with E-state index in [0.717, 1.165) is 51.0 Å². The quantitative estimate of drug-likeness (QED) is 0.386. The molecule has 0 amide bonds. The fraction of sp³-hybridized carbons (Fsp3) is 0.550. The Balaban J connectivity index is 0.00000196. The molecule has 4 nitrogen and oxygen atoms in total. The minimum absolute atomic E-state index is 0.